The summed E-state index contributed by atoms with van der Waals surface area (Å²) in [5, 5.41) is 6.25. The van der Waals surface area contributed by atoms with Gasteiger partial charge in [-0.2, -0.15) is 0 Å². The number of amides is 1. The third kappa shape index (κ3) is 7.29. The normalized spacial score (nSPS) is 12.1. The Morgan fingerprint density at radius 2 is 1.95 bits per heavy atom. The van der Waals surface area contributed by atoms with E-state index in [2.05, 4.69) is 41.8 Å². The van der Waals surface area contributed by atoms with Gasteiger partial charge in [0.15, 0.2) is 0 Å². The van der Waals surface area contributed by atoms with Crippen LogP contribution in [0.3, 0.4) is 0 Å². The predicted molar refractivity (Wildman–Crippen MR) is 84.8 cm³/mol. The van der Waals surface area contributed by atoms with E-state index >= 15 is 0 Å². The molecule has 2 N–H and O–H groups in total. The van der Waals surface area contributed by atoms with Gasteiger partial charge in [-0.25, -0.2) is 0 Å². The summed E-state index contributed by atoms with van der Waals surface area (Å²) in [6, 6.07) is 10.8. The molecule has 0 saturated heterocycles. The Balaban J connectivity index is 2.34. The van der Waals surface area contributed by atoms with Gasteiger partial charge in [0.1, 0.15) is 0 Å². The van der Waals surface area contributed by atoms with Crippen LogP contribution in [0.5, 0.6) is 0 Å². The van der Waals surface area contributed by atoms with Crippen molar-refractivity contribution in [2.45, 2.75) is 51.5 Å². The minimum atomic E-state index is 0.187. The molecule has 0 spiro atoms. The maximum absolute atomic E-state index is 11.9. The van der Waals surface area contributed by atoms with Crippen LogP contribution < -0.4 is 10.6 Å². The highest BCUT2D eigenvalue weighted by Crippen LogP contribution is 2.09. The van der Waals surface area contributed by atoms with Gasteiger partial charge in [0.05, 0.1) is 0 Å². The van der Waals surface area contributed by atoms with Crippen LogP contribution in [0.4, 0.5) is 0 Å². The zero-order valence-electron chi connectivity index (χ0n) is 12.8. The van der Waals surface area contributed by atoms with Crippen molar-refractivity contribution in [1.82, 2.24) is 10.6 Å². The average molecular weight is 276 g/mol. The monoisotopic (exact) mass is 276 g/mol. The number of rotatable bonds is 10. The number of benzene rings is 1. The Bertz CT molecular complexity index is 365. The van der Waals surface area contributed by atoms with Gasteiger partial charge in [0.2, 0.25) is 5.91 Å². The van der Waals surface area contributed by atoms with Gasteiger partial charge in [-0.05, 0) is 44.8 Å². The summed E-state index contributed by atoms with van der Waals surface area (Å²) < 4.78 is 0. The van der Waals surface area contributed by atoms with Crippen LogP contribution in [-0.2, 0) is 11.2 Å². The minimum Gasteiger partial charge on any atom is -0.353 e. The lowest BCUT2D eigenvalue weighted by Crippen LogP contribution is -2.35. The average Bonchev–Trinajstić information content (AvgIpc) is 2.46. The number of nitrogens with one attached hydrogen (secondary N) is 2. The van der Waals surface area contributed by atoms with E-state index in [4.69, 9.17) is 0 Å². The van der Waals surface area contributed by atoms with Crippen molar-refractivity contribution < 1.29 is 4.79 Å². The number of carbonyl (C=O) groups excluding carboxylic acids is 1. The molecular weight excluding hydrogens is 248 g/mol. The van der Waals surface area contributed by atoms with Crippen molar-refractivity contribution in [1.29, 1.82) is 0 Å². The van der Waals surface area contributed by atoms with Crippen LogP contribution in [-0.4, -0.2) is 25.5 Å². The second kappa shape index (κ2) is 10.4. The number of hydrogen-bond donors (Lipinski definition) is 2. The van der Waals surface area contributed by atoms with Gasteiger partial charge in [0, 0.05) is 12.5 Å². The van der Waals surface area contributed by atoms with Gasteiger partial charge in [-0.15, -0.1) is 0 Å². The SMILES string of the molecule is CCCC(CCc1ccccc1)NC(=O)CCCNC. The van der Waals surface area contributed by atoms with Crippen LogP contribution in [0, 0.1) is 0 Å². The molecule has 0 heterocycles. The highest BCUT2D eigenvalue weighted by molar-refractivity contribution is 5.76. The topological polar surface area (TPSA) is 41.1 Å². The van der Waals surface area contributed by atoms with Gasteiger partial charge in [-0.1, -0.05) is 43.7 Å². The highest BCUT2D eigenvalue weighted by atomic mass is 16.1. The van der Waals surface area contributed by atoms with E-state index in [9.17, 15) is 4.79 Å². The van der Waals surface area contributed by atoms with Crippen molar-refractivity contribution in [2.75, 3.05) is 13.6 Å². The molecule has 1 amide bonds. The Labute approximate surface area is 123 Å². The summed E-state index contributed by atoms with van der Waals surface area (Å²) in [6.07, 6.45) is 5.74. The predicted octanol–water partition coefficient (Wildman–Crippen LogP) is 2.90. The van der Waals surface area contributed by atoms with Crippen molar-refractivity contribution in [3.63, 3.8) is 0 Å². The molecule has 3 nitrogen and oxygen atoms in total. The molecule has 1 atom stereocenters. The van der Waals surface area contributed by atoms with Gasteiger partial charge < -0.3 is 10.6 Å². The molecule has 3 heteroatoms. The third-order valence-corrected chi connectivity index (χ3v) is 3.46. The number of carbonyl (C=O) groups is 1. The van der Waals surface area contributed by atoms with E-state index < -0.39 is 0 Å². The summed E-state index contributed by atoms with van der Waals surface area (Å²) in [4.78, 5) is 11.9. The van der Waals surface area contributed by atoms with Crippen molar-refractivity contribution in [3.8, 4) is 0 Å². The maximum Gasteiger partial charge on any atom is 0.220 e. The van der Waals surface area contributed by atoms with Gasteiger partial charge >= 0.3 is 0 Å². The van der Waals surface area contributed by atoms with Crippen LogP contribution in [0.1, 0.15) is 44.6 Å². The van der Waals surface area contributed by atoms with Crippen LogP contribution in [0.15, 0.2) is 30.3 Å². The zero-order chi connectivity index (χ0) is 14.6. The first-order valence-electron chi connectivity index (χ1n) is 7.74. The van der Waals surface area contributed by atoms with Crippen molar-refractivity contribution in [2.24, 2.45) is 0 Å². The standard InChI is InChI=1S/C17H28N2O/c1-3-8-16(19-17(20)11-7-14-18-2)13-12-15-9-5-4-6-10-15/h4-6,9-10,16,18H,3,7-8,11-14H2,1-2H3,(H,19,20). The molecule has 0 aliphatic rings. The molecule has 0 aliphatic heterocycles. The lowest BCUT2D eigenvalue weighted by Gasteiger charge is -2.18. The summed E-state index contributed by atoms with van der Waals surface area (Å²) in [7, 11) is 1.91. The minimum absolute atomic E-state index is 0.187. The second-order valence-electron chi connectivity index (χ2n) is 5.28. The lowest BCUT2D eigenvalue weighted by atomic mass is 10.0. The quantitative estimate of drug-likeness (QED) is 0.645. The maximum atomic E-state index is 11.9. The Morgan fingerprint density at radius 1 is 1.20 bits per heavy atom. The van der Waals surface area contributed by atoms with E-state index in [0.29, 0.717) is 12.5 Å². The molecule has 0 aromatic heterocycles. The van der Waals surface area contributed by atoms with Crippen LogP contribution in [0.25, 0.3) is 0 Å². The molecule has 0 radical (unpaired) electrons. The fourth-order valence-corrected chi connectivity index (χ4v) is 2.35. The zero-order valence-corrected chi connectivity index (χ0v) is 12.8. The third-order valence-electron chi connectivity index (χ3n) is 3.46. The first kappa shape index (κ1) is 16.7. The Kier molecular flexibility index (Phi) is 8.72. The first-order chi connectivity index (χ1) is 9.76. The fraction of sp³-hybridized carbons (Fsp3) is 0.588. The van der Waals surface area contributed by atoms with E-state index in [-0.39, 0.29) is 5.91 Å². The second-order valence-corrected chi connectivity index (χ2v) is 5.28. The Hall–Kier alpha value is -1.35. The van der Waals surface area contributed by atoms with E-state index in [1.807, 2.05) is 13.1 Å². The lowest BCUT2D eigenvalue weighted by molar-refractivity contribution is -0.121. The van der Waals surface area contributed by atoms with Gasteiger partial charge in [0.25, 0.3) is 0 Å². The molecule has 0 saturated carbocycles. The molecule has 1 rings (SSSR count). The molecule has 1 unspecified atom stereocenters. The fourth-order valence-electron chi connectivity index (χ4n) is 2.35. The number of hydrogen-bond acceptors (Lipinski definition) is 2. The molecule has 112 valence electrons. The van der Waals surface area contributed by atoms with E-state index in [1.54, 1.807) is 0 Å². The molecule has 20 heavy (non-hydrogen) atoms. The van der Waals surface area contributed by atoms with Crippen LogP contribution >= 0.6 is 0 Å². The largest absolute Gasteiger partial charge is 0.353 e. The van der Waals surface area contributed by atoms with Crippen LogP contribution in [0.2, 0.25) is 0 Å². The molecule has 1 aromatic rings. The smallest absolute Gasteiger partial charge is 0.220 e. The van der Waals surface area contributed by atoms with E-state index in [1.165, 1.54) is 5.56 Å². The summed E-state index contributed by atoms with van der Waals surface area (Å²) in [6.45, 7) is 3.07. The van der Waals surface area contributed by atoms with Crippen molar-refractivity contribution in [3.05, 3.63) is 35.9 Å². The molecule has 0 fully saturated rings. The molecule has 0 bridgehead atoms. The molecule has 0 aliphatic carbocycles. The highest BCUT2D eigenvalue weighted by Gasteiger charge is 2.11. The van der Waals surface area contributed by atoms with Gasteiger partial charge in [-0.3, -0.25) is 4.79 Å². The molecule has 1 aromatic carbocycles. The van der Waals surface area contributed by atoms with Crippen molar-refractivity contribution >= 4 is 5.91 Å². The summed E-state index contributed by atoms with van der Waals surface area (Å²) in [5.74, 6) is 0.187. The summed E-state index contributed by atoms with van der Waals surface area (Å²) in [5.41, 5.74) is 1.35. The number of aryl methyl sites for hydroxylation is 1. The summed E-state index contributed by atoms with van der Waals surface area (Å²) >= 11 is 0. The molecular formula is C17H28N2O. The first-order valence-corrected chi connectivity index (χ1v) is 7.74. The Morgan fingerprint density at radius 3 is 2.60 bits per heavy atom. The van der Waals surface area contributed by atoms with E-state index in [0.717, 1.165) is 38.6 Å².